The van der Waals surface area contributed by atoms with Crippen LogP contribution in [0.3, 0.4) is 0 Å². The summed E-state index contributed by atoms with van der Waals surface area (Å²) in [5, 5.41) is 0. The molecule has 0 spiro atoms. The predicted octanol–water partition coefficient (Wildman–Crippen LogP) is 4.43. The number of ether oxygens (including phenoxy) is 3. The summed E-state index contributed by atoms with van der Waals surface area (Å²) in [6.45, 7) is 8.54. The summed E-state index contributed by atoms with van der Waals surface area (Å²) < 4.78 is 18.5. The van der Waals surface area contributed by atoms with E-state index >= 15 is 0 Å². The fourth-order valence-corrected chi connectivity index (χ4v) is 5.67. The fraction of sp³-hybridized carbons (Fsp3) is 0.345. The zero-order valence-corrected chi connectivity index (χ0v) is 22.3. The second kappa shape index (κ2) is 10.4. The van der Waals surface area contributed by atoms with Crippen LogP contribution >= 0.6 is 11.3 Å². The molecule has 37 heavy (non-hydrogen) atoms. The van der Waals surface area contributed by atoms with Gasteiger partial charge in [0.2, 0.25) is 6.79 Å². The summed E-state index contributed by atoms with van der Waals surface area (Å²) in [6.07, 6.45) is 3.26. The second-order valence-corrected chi connectivity index (χ2v) is 10.4. The van der Waals surface area contributed by atoms with Crippen molar-refractivity contribution in [2.24, 2.45) is 4.99 Å². The summed E-state index contributed by atoms with van der Waals surface area (Å²) in [6, 6.07) is 13.1. The summed E-state index contributed by atoms with van der Waals surface area (Å²) >= 11 is 1.32. The van der Waals surface area contributed by atoms with Gasteiger partial charge in [-0.3, -0.25) is 9.36 Å². The van der Waals surface area contributed by atoms with Gasteiger partial charge in [-0.2, -0.15) is 0 Å². The third-order valence-corrected chi connectivity index (χ3v) is 7.49. The molecule has 0 N–H and O–H groups in total. The Kier molecular flexibility index (Phi) is 7.02. The van der Waals surface area contributed by atoms with E-state index in [0.717, 1.165) is 17.5 Å². The quantitative estimate of drug-likeness (QED) is 0.433. The molecular weight excluding hydrogens is 488 g/mol. The average Bonchev–Trinajstić information content (AvgIpc) is 3.47. The summed E-state index contributed by atoms with van der Waals surface area (Å²) in [4.78, 5) is 32.5. The Morgan fingerprint density at radius 3 is 2.62 bits per heavy atom. The topological polar surface area (TPSA) is 79.1 Å². The first kappa shape index (κ1) is 25.0. The number of carbonyl (C=O) groups excluding carboxylic acids is 1. The van der Waals surface area contributed by atoms with Gasteiger partial charge in [-0.15, -0.1) is 0 Å². The third kappa shape index (κ3) is 4.73. The van der Waals surface area contributed by atoms with Crippen molar-refractivity contribution in [3.05, 3.63) is 90.1 Å². The zero-order chi connectivity index (χ0) is 26.1. The van der Waals surface area contributed by atoms with Crippen molar-refractivity contribution < 1.29 is 19.0 Å². The van der Waals surface area contributed by atoms with Gasteiger partial charge >= 0.3 is 5.97 Å². The number of fused-ring (bicyclic) bond motifs is 2. The number of thiazole rings is 1. The lowest BCUT2D eigenvalue weighted by Crippen LogP contribution is -2.40. The molecule has 0 fully saturated rings. The van der Waals surface area contributed by atoms with E-state index in [1.807, 2.05) is 43.3 Å². The van der Waals surface area contributed by atoms with Gasteiger partial charge in [0.15, 0.2) is 16.3 Å². The van der Waals surface area contributed by atoms with E-state index in [4.69, 9.17) is 19.2 Å². The summed E-state index contributed by atoms with van der Waals surface area (Å²) in [5.74, 6) is 1.28. The monoisotopic (exact) mass is 518 g/mol. The average molecular weight is 519 g/mol. The van der Waals surface area contributed by atoms with Crippen molar-refractivity contribution in [2.45, 2.75) is 52.5 Å². The van der Waals surface area contributed by atoms with Gasteiger partial charge in [-0.05, 0) is 54.2 Å². The van der Waals surface area contributed by atoms with Crippen LogP contribution in [0.2, 0.25) is 0 Å². The standard InChI is InChI=1S/C29H30N2O5S/c1-5-7-21-25(28(33)34-6-2)26(20-11-9-19(10-12-20)17(3)4)31-27(32)24(37-29(31)30-21)15-18-8-13-22-23(14-18)36-16-35-22/h8-15,17,26H,5-7,16H2,1-4H3/b24-15-. The van der Waals surface area contributed by atoms with Gasteiger partial charge in [-0.25, -0.2) is 9.79 Å². The molecule has 0 saturated carbocycles. The zero-order valence-electron chi connectivity index (χ0n) is 21.4. The van der Waals surface area contributed by atoms with Crippen molar-refractivity contribution in [3.8, 4) is 11.5 Å². The lowest BCUT2D eigenvalue weighted by atomic mass is 9.92. The maximum absolute atomic E-state index is 13.9. The second-order valence-electron chi connectivity index (χ2n) is 9.35. The lowest BCUT2D eigenvalue weighted by molar-refractivity contribution is -0.139. The largest absolute Gasteiger partial charge is 0.463 e. The normalized spacial score (nSPS) is 16.7. The predicted molar refractivity (Wildman–Crippen MR) is 143 cm³/mol. The highest BCUT2D eigenvalue weighted by Gasteiger charge is 2.34. The molecule has 2 aliphatic rings. The number of benzene rings is 2. The van der Waals surface area contributed by atoms with Gasteiger partial charge in [0.1, 0.15) is 0 Å². The molecule has 3 heterocycles. The Morgan fingerprint density at radius 1 is 1.16 bits per heavy atom. The number of nitrogens with zero attached hydrogens (tertiary/aromatic N) is 2. The maximum Gasteiger partial charge on any atom is 0.338 e. The first-order valence-electron chi connectivity index (χ1n) is 12.6. The molecule has 2 aromatic carbocycles. The van der Waals surface area contributed by atoms with E-state index in [1.165, 1.54) is 16.9 Å². The fourth-order valence-electron chi connectivity index (χ4n) is 4.65. The van der Waals surface area contributed by atoms with Gasteiger partial charge in [0.05, 0.1) is 28.5 Å². The highest BCUT2D eigenvalue weighted by atomic mass is 32.1. The number of hydrogen-bond acceptors (Lipinski definition) is 7. The molecule has 192 valence electrons. The third-order valence-electron chi connectivity index (χ3n) is 6.51. The number of allylic oxidation sites excluding steroid dienone is 1. The van der Waals surface area contributed by atoms with Crippen LogP contribution in [0.15, 0.2) is 63.5 Å². The minimum atomic E-state index is -0.614. The molecule has 0 radical (unpaired) electrons. The smallest absolute Gasteiger partial charge is 0.338 e. The Labute approximate surface area is 219 Å². The molecular formula is C29H30N2O5S. The molecule has 0 bridgehead atoms. The number of carbonyl (C=O) groups is 1. The van der Waals surface area contributed by atoms with Gasteiger partial charge in [-0.1, -0.05) is 68.9 Å². The van der Waals surface area contributed by atoms with Crippen LogP contribution in [0.5, 0.6) is 11.5 Å². The van der Waals surface area contributed by atoms with E-state index in [-0.39, 0.29) is 19.0 Å². The first-order chi connectivity index (χ1) is 17.9. The minimum absolute atomic E-state index is 0.188. The number of hydrogen-bond donors (Lipinski definition) is 0. The Morgan fingerprint density at radius 2 is 1.92 bits per heavy atom. The van der Waals surface area contributed by atoms with Crippen molar-refractivity contribution in [3.63, 3.8) is 0 Å². The Balaban J connectivity index is 1.71. The molecule has 1 atom stereocenters. The molecule has 1 aromatic heterocycles. The molecule has 8 heteroatoms. The number of aromatic nitrogens is 1. The molecule has 3 aromatic rings. The molecule has 2 aliphatic heterocycles. The summed E-state index contributed by atoms with van der Waals surface area (Å²) in [5.41, 5.74) is 3.78. The molecule has 0 saturated heterocycles. The molecule has 0 amide bonds. The molecule has 0 aliphatic carbocycles. The minimum Gasteiger partial charge on any atom is -0.463 e. The van der Waals surface area contributed by atoms with E-state index in [2.05, 4.69) is 26.0 Å². The van der Waals surface area contributed by atoms with Crippen LogP contribution in [0, 0.1) is 0 Å². The molecule has 5 rings (SSSR count). The highest BCUT2D eigenvalue weighted by Crippen LogP contribution is 2.34. The first-order valence-corrected chi connectivity index (χ1v) is 13.4. The maximum atomic E-state index is 13.9. The van der Waals surface area contributed by atoms with E-state index < -0.39 is 12.0 Å². The highest BCUT2D eigenvalue weighted by molar-refractivity contribution is 7.07. The van der Waals surface area contributed by atoms with Crippen LogP contribution in [0.1, 0.15) is 69.2 Å². The van der Waals surface area contributed by atoms with Crippen molar-refractivity contribution in [1.29, 1.82) is 0 Å². The van der Waals surface area contributed by atoms with Crippen LogP contribution in [-0.2, 0) is 9.53 Å². The van der Waals surface area contributed by atoms with Gasteiger partial charge in [0, 0.05) is 0 Å². The van der Waals surface area contributed by atoms with E-state index in [0.29, 0.717) is 44.4 Å². The number of rotatable bonds is 7. The van der Waals surface area contributed by atoms with Crippen molar-refractivity contribution in [2.75, 3.05) is 13.4 Å². The Hall–Kier alpha value is -3.65. The lowest BCUT2D eigenvalue weighted by Gasteiger charge is -2.26. The van der Waals surface area contributed by atoms with Crippen molar-refractivity contribution >= 4 is 23.4 Å². The molecule has 1 unspecified atom stereocenters. The van der Waals surface area contributed by atoms with Crippen LogP contribution in [0.4, 0.5) is 0 Å². The summed E-state index contributed by atoms with van der Waals surface area (Å²) in [7, 11) is 0. The van der Waals surface area contributed by atoms with Crippen molar-refractivity contribution in [1.82, 2.24) is 4.57 Å². The van der Waals surface area contributed by atoms with Gasteiger partial charge in [0.25, 0.3) is 5.56 Å². The van der Waals surface area contributed by atoms with E-state index in [1.54, 1.807) is 11.5 Å². The van der Waals surface area contributed by atoms with Gasteiger partial charge < -0.3 is 14.2 Å². The number of esters is 1. The van der Waals surface area contributed by atoms with E-state index in [9.17, 15) is 9.59 Å². The SMILES string of the molecule is CCCC1=C(C(=O)OCC)C(c2ccc(C(C)C)cc2)n2c(s/c(=C\c3ccc4c(c3)OCO4)c2=O)=N1. The molecule has 7 nitrogen and oxygen atoms in total. The van der Waals surface area contributed by atoms with Crippen LogP contribution < -0.4 is 24.4 Å². The van der Waals surface area contributed by atoms with Crippen LogP contribution in [-0.4, -0.2) is 23.9 Å². The van der Waals surface area contributed by atoms with Crippen LogP contribution in [0.25, 0.3) is 6.08 Å². The Bertz CT molecular complexity index is 1550.